The maximum Gasteiger partial charge on any atom is 0.390 e. The molecule has 2 nitrogen and oxygen atoms in total. The highest BCUT2D eigenvalue weighted by molar-refractivity contribution is 14.1. The Balaban J connectivity index is 3.48. The summed E-state index contributed by atoms with van der Waals surface area (Å²) >= 11 is 1.80. The molecular weight excluding hydrogens is 336 g/mol. The molecule has 0 aromatic heterocycles. The third-order valence-corrected chi connectivity index (χ3v) is 2.97. The summed E-state index contributed by atoms with van der Waals surface area (Å²) in [5.41, 5.74) is 0. The molecule has 0 fully saturated rings. The van der Waals surface area contributed by atoms with E-state index in [1.165, 1.54) is 0 Å². The number of unbranched alkanes of at least 4 members (excludes halogenated alkanes) is 1. The van der Waals surface area contributed by atoms with Crippen molar-refractivity contribution in [3.8, 4) is 0 Å². The van der Waals surface area contributed by atoms with E-state index in [0.29, 0.717) is 32.3 Å². The van der Waals surface area contributed by atoms with Crippen LogP contribution in [0.4, 0.5) is 13.2 Å². The summed E-state index contributed by atoms with van der Waals surface area (Å²) < 4.78 is 40.2. The van der Waals surface area contributed by atoms with Gasteiger partial charge in [0.25, 0.3) is 0 Å². The Labute approximate surface area is 107 Å². The zero-order chi connectivity index (χ0) is 12.6. The molecule has 0 heterocycles. The molecule has 0 N–H and O–H groups in total. The van der Waals surface area contributed by atoms with Crippen LogP contribution in [0.1, 0.15) is 39.0 Å². The normalized spacial score (nSPS) is 13.6. The first-order valence-corrected chi connectivity index (χ1v) is 6.46. The fraction of sp³-hybridized carbons (Fsp3) is 0.900. The Bertz CT molecular complexity index is 207. The Hall–Kier alpha value is -0.0100. The highest BCUT2D eigenvalue weighted by Crippen LogP contribution is 2.28. The van der Waals surface area contributed by atoms with Crippen LogP contribution in [0, 0.1) is 0 Å². The summed E-state index contributed by atoms with van der Waals surface area (Å²) in [6, 6.07) is 0. The number of esters is 1. The molecule has 0 bridgehead atoms. The number of carbonyl (C=O) groups is 1. The predicted molar refractivity (Wildman–Crippen MR) is 63.6 cm³/mol. The van der Waals surface area contributed by atoms with Crippen molar-refractivity contribution in [2.45, 2.75) is 49.1 Å². The molecule has 0 rings (SSSR count). The Morgan fingerprint density at radius 2 is 2.00 bits per heavy atom. The Morgan fingerprint density at radius 1 is 1.38 bits per heavy atom. The average Bonchev–Trinajstić information content (AvgIpc) is 2.10. The summed E-state index contributed by atoms with van der Waals surface area (Å²) in [4.78, 5) is 10.9. The summed E-state index contributed by atoms with van der Waals surface area (Å²) in [6.07, 6.45) is -2.85. The van der Waals surface area contributed by atoms with Crippen molar-refractivity contribution in [1.29, 1.82) is 0 Å². The van der Waals surface area contributed by atoms with Crippen LogP contribution in [0.3, 0.4) is 0 Å². The van der Waals surface area contributed by atoms with Gasteiger partial charge in [0.05, 0.1) is 13.0 Å². The fourth-order valence-electron chi connectivity index (χ4n) is 1.22. The van der Waals surface area contributed by atoms with Crippen LogP contribution in [0.25, 0.3) is 0 Å². The lowest BCUT2D eigenvalue weighted by molar-refractivity contribution is -0.143. The van der Waals surface area contributed by atoms with Gasteiger partial charge in [0.2, 0.25) is 0 Å². The highest BCUT2D eigenvalue weighted by atomic mass is 127. The summed E-state index contributed by atoms with van der Waals surface area (Å²) in [5, 5.41) is 0. The van der Waals surface area contributed by atoms with Crippen molar-refractivity contribution in [3.05, 3.63) is 0 Å². The number of halogens is 4. The van der Waals surface area contributed by atoms with E-state index in [1.54, 1.807) is 29.5 Å². The van der Waals surface area contributed by atoms with Crippen LogP contribution in [-0.4, -0.2) is 22.7 Å². The predicted octanol–water partition coefficient (Wildman–Crippen LogP) is 3.87. The van der Waals surface area contributed by atoms with Crippen LogP contribution in [-0.2, 0) is 9.53 Å². The van der Waals surface area contributed by atoms with E-state index in [9.17, 15) is 18.0 Å². The van der Waals surface area contributed by atoms with Gasteiger partial charge >= 0.3 is 12.1 Å². The van der Waals surface area contributed by atoms with Crippen molar-refractivity contribution in [2.75, 3.05) is 6.61 Å². The minimum Gasteiger partial charge on any atom is -0.466 e. The van der Waals surface area contributed by atoms with Gasteiger partial charge in [-0.05, 0) is 19.8 Å². The topological polar surface area (TPSA) is 26.3 Å². The lowest BCUT2D eigenvalue weighted by Crippen LogP contribution is -2.14. The second kappa shape index (κ2) is 8.14. The molecule has 0 aromatic carbocycles. The van der Waals surface area contributed by atoms with Gasteiger partial charge in [-0.25, -0.2) is 0 Å². The fourth-order valence-corrected chi connectivity index (χ4v) is 2.16. The van der Waals surface area contributed by atoms with Gasteiger partial charge in [-0.2, -0.15) is 13.2 Å². The standard InChI is InChI=1S/C10H16F3IO2/c1-2-16-9(15)6-4-3-5-8(14)7-10(11,12)13/h8H,2-7H2,1H3. The number of rotatable bonds is 7. The molecule has 6 heteroatoms. The lowest BCUT2D eigenvalue weighted by Gasteiger charge is -2.11. The average molecular weight is 352 g/mol. The largest absolute Gasteiger partial charge is 0.466 e. The van der Waals surface area contributed by atoms with E-state index in [-0.39, 0.29) is 5.97 Å². The lowest BCUT2D eigenvalue weighted by atomic mass is 10.1. The van der Waals surface area contributed by atoms with Gasteiger partial charge in [-0.15, -0.1) is 0 Å². The van der Waals surface area contributed by atoms with Crippen LogP contribution in [0.15, 0.2) is 0 Å². The SMILES string of the molecule is CCOC(=O)CCCCC(I)CC(F)(F)F. The van der Waals surface area contributed by atoms with Crippen molar-refractivity contribution in [1.82, 2.24) is 0 Å². The number of ether oxygens (including phenoxy) is 1. The van der Waals surface area contributed by atoms with Gasteiger partial charge < -0.3 is 4.74 Å². The first-order chi connectivity index (χ1) is 7.35. The number of carbonyl (C=O) groups excluding carboxylic acids is 1. The summed E-state index contributed by atoms with van der Waals surface area (Å²) in [7, 11) is 0. The van der Waals surface area contributed by atoms with Crippen molar-refractivity contribution < 1.29 is 22.7 Å². The minimum absolute atomic E-state index is 0.275. The number of alkyl halides is 4. The number of hydrogen-bond donors (Lipinski definition) is 0. The third-order valence-electron chi connectivity index (χ3n) is 1.91. The van der Waals surface area contributed by atoms with Crippen LogP contribution in [0.5, 0.6) is 0 Å². The smallest absolute Gasteiger partial charge is 0.390 e. The van der Waals surface area contributed by atoms with E-state index in [1.807, 2.05) is 0 Å². The van der Waals surface area contributed by atoms with Gasteiger partial charge in [0, 0.05) is 10.3 Å². The molecule has 0 radical (unpaired) electrons. The summed E-state index contributed by atoms with van der Waals surface area (Å²) in [6.45, 7) is 2.07. The number of hydrogen-bond acceptors (Lipinski definition) is 2. The molecule has 0 aliphatic rings. The maximum atomic E-state index is 12.0. The maximum absolute atomic E-state index is 12.0. The van der Waals surface area contributed by atoms with Crippen LogP contribution < -0.4 is 0 Å². The van der Waals surface area contributed by atoms with E-state index < -0.39 is 16.5 Å². The zero-order valence-corrected chi connectivity index (χ0v) is 11.3. The van der Waals surface area contributed by atoms with E-state index >= 15 is 0 Å². The minimum atomic E-state index is -4.09. The second-order valence-corrected chi connectivity index (χ2v) is 5.23. The van der Waals surface area contributed by atoms with Crippen molar-refractivity contribution >= 4 is 28.6 Å². The molecule has 0 spiro atoms. The van der Waals surface area contributed by atoms with Gasteiger partial charge in [0.1, 0.15) is 0 Å². The summed E-state index contributed by atoms with van der Waals surface area (Å²) in [5.74, 6) is -0.275. The first-order valence-electron chi connectivity index (χ1n) is 5.21. The quantitative estimate of drug-likeness (QED) is 0.301. The molecule has 16 heavy (non-hydrogen) atoms. The van der Waals surface area contributed by atoms with Crippen molar-refractivity contribution in [2.24, 2.45) is 0 Å². The molecule has 0 aliphatic carbocycles. The molecular formula is C10H16F3IO2. The van der Waals surface area contributed by atoms with Crippen LogP contribution >= 0.6 is 22.6 Å². The van der Waals surface area contributed by atoms with E-state index in [4.69, 9.17) is 4.74 Å². The molecule has 1 atom stereocenters. The molecule has 0 aliphatic heterocycles. The Kier molecular flexibility index (Phi) is 8.13. The first kappa shape index (κ1) is 16.0. The highest BCUT2D eigenvalue weighted by Gasteiger charge is 2.30. The van der Waals surface area contributed by atoms with E-state index in [0.717, 1.165) is 0 Å². The van der Waals surface area contributed by atoms with Gasteiger partial charge in [-0.1, -0.05) is 29.0 Å². The van der Waals surface area contributed by atoms with Crippen LogP contribution in [0.2, 0.25) is 0 Å². The molecule has 0 saturated carbocycles. The molecule has 1 unspecified atom stereocenters. The molecule has 96 valence electrons. The van der Waals surface area contributed by atoms with Crippen molar-refractivity contribution in [3.63, 3.8) is 0 Å². The second-order valence-electron chi connectivity index (χ2n) is 3.47. The molecule has 0 aromatic rings. The van der Waals surface area contributed by atoms with Gasteiger partial charge in [-0.3, -0.25) is 4.79 Å². The zero-order valence-electron chi connectivity index (χ0n) is 9.15. The Morgan fingerprint density at radius 3 is 2.50 bits per heavy atom. The monoisotopic (exact) mass is 352 g/mol. The molecule has 0 amide bonds. The molecule has 0 saturated heterocycles. The van der Waals surface area contributed by atoms with E-state index in [2.05, 4.69) is 0 Å². The third kappa shape index (κ3) is 10.5. The van der Waals surface area contributed by atoms with Gasteiger partial charge in [0.15, 0.2) is 0 Å².